The fourth-order valence-electron chi connectivity index (χ4n) is 1.41. The molecule has 0 aromatic carbocycles. The molecule has 0 bridgehead atoms. The molecular formula is C11H17NO2S. The van der Waals surface area contributed by atoms with Crippen LogP contribution >= 0.6 is 11.3 Å². The lowest BCUT2D eigenvalue weighted by Crippen LogP contribution is -2.31. The van der Waals surface area contributed by atoms with E-state index >= 15 is 0 Å². The predicted octanol–water partition coefficient (Wildman–Crippen LogP) is 2.29. The quantitative estimate of drug-likeness (QED) is 0.810. The molecule has 3 nitrogen and oxygen atoms in total. The third-order valence-corrected chi connectivity index (χ3v) is 3.12. The maximum Gasteiger partial charge on any atom is 0.307 e. The second kappa shape index (κ2) is 5.88. The highest BCUT2D eigenvalue weighted by Crippen LogP contribution is 2.10. The van der Waals surface area contributed by atoms with E-state index in [4.69, 9.17) is 5.11 Å². The molecule has 0 aliphatic carbocycles. The lowest BCUT2D eigenvalue weighted by molar-refractivity contribution is -0.141. The van der Waals surface area contributed by atoms with Crippen molar-refractivity contribution in [2.24, 2.45) is 5.92 Å². The normalized spacial score (nSPS) is 13.0. The van der Waals surface area contributed by atoms with Crippen molar-refractivity contribution in [2.45, 2.75) is 20.4 Å². The molecule has 1 atom stereocenters. The van der Waals surface area contributed by atoms with Gasteiger partial charge in [0.25, 0.3) is 0 Å². The molecule has 84 valence electrons. The first-order valence-electron chi connectivity index (χ1n) is 5.09. The zero-order valence-electron chi connectivity index (χ0n) is 9.14. The van der Waals surface area contributed by atoms with Crippen molar-refractivity contribution in [1.29, 1.82) is 0 Å². The molecule has 0 amide bonds. The van der Waals surface area contributed by atoms with Crippen LogP contribution in [0.3, 0.4) is 0 Å². The fraction of sp³-hybridized carbons (Fsp3) is 0.545. The summed E-state index contributed by atoms with van der Waals surface area (Å²) in [6.45, 7) is 6.15. The van der Waals surface area contributed by atoms with E-state index in [1.165, 1.54) is 5.56 Å². The van der Waals surface area contributed by atoms with Crippen LogP contribution in [-0.4, -0.2) is 29.1 Å². The minimum atomic E-state index is -0.723. The molecule has 1 unspecified atom stereocenters. The van der Waals surface area contributed by atoms with E-state index in [0.717, 1.165) is 13.1 Å². The van der Waals surface area contributed by atoms with Crippen LogP contribution in [-0.2, 0) is 11.3 Å². The maximum atomic E-state index is 10.7. The topological polar surface area (TPSA) is 40.5 Å². The van der Waals surface area contributed by atoms with Gasteiger partial charge in [-0.3, -0.25) is 9.69 Å². The van der Waals surface area contributed by atoms with Crippen LogP contribution in [0, 0.1) is 5.92 Å². The number of carboxylic acid groups (broad SMARTS) is 1. The molecule has 1 N–H and O–H groups in total. The van der Waals surface area contributed by atoms with Gasteiger partial charge >= 0.3 is 5.97 Å². The first-order chi connectivity index (χ1) is 7.13. The Morgan fingerprint density at radius 3 is 2.87 bits per heavy atom. The Kier molecular flexibility index (Phi) is 4.78. The predicted molar refractivity (Wildman–Crippen MR) is 62.1 cm³/mol. The van der Waals surface area contributed by atoms with E-state index in [2.05, 4.69) is 23.3 Å². The van der Waals surface area contributed by atoms with Crippen molar-refractivity contribution >= 4 is 17.3 Å². The molecule has 1 rings (SSSR count). The molecule has 1 heterocycles. The first kappa shape index (κ1) is 12.2. The van der Waals surface area contributed by atoms with Gasteiger partial charge in [0.05, 0.1) is 5.92 Å². The minimum absolute atomic E-state index is 0.302. The average Bonchev–Trinajstić information content (AvgIpc) is 2.69. The Hall–Kier alpha value is -0.870. The molecule has 4 heteroatoms. The van der Waals surface area contributed by atoms with E-state index in [1.54, 1.807) is 18.3 Å². The maximum absolute atomic E-state index is 10.7. The van der Waals surface area contributed by atoms with E-state index in [9.17, 15) is 4.79 Å². The molecule has 0 spiro atoms. The standard InChI is InChI=1S/C11H17NO2S/c1-3-12(6-9(2)11(13)14)7-10-4-5-15-8-10/h4-5,8-9H,3,6-7H2,1-2H3,(H,13,14). The van der Waals surface area contributed by atoms with Crippen molar-refractivity contribution in [2.75, 3.05) is 13.1 Å². The highest BCUT2D eigenvalue weighted by atomic mass is 32.1. The molecule has 15 heavy (non-hydrogen) atoms. The van der Waals surface area contributed by atoms with Gasteiger partial charge in [-0.05, 0) is 28.9 Å². The number of aliphatic carboxylic acids is 1. The van der Waals surface area contributed by atoms with Gasteiger partial charge < -0.3 is 5.11 Å². The minimum Gasteiger partial charge on any atom is -0.481 e. The van der Waals surface area contributed by atoms with Gasteiger partial charge in [-0.15, -0.1) is 0 Å². The summed E-state index contributed by atoms with van der Waals surface area (Å²) in [5.41, 5.74) is 1.26. The number of hydrogen-bond acceptors (Lipinski definition) is 3. The van der Waals surface area contributed by atoms with Gasteiger partial charge in [0.1, 0.15) is 0 Å². The zero-order chi connectivity index (χ0) is 11.3. The van der Waals surface area contributed by atoms with Crippen molar-refractivity contribution in [3.63, 3.8) is 0 Å². The van der Waals surface area contributed by atoms with Gasteiger partial charge in [-0.1, -0.05) is 13.8 Å². The van der Waals surface area contributed by atoms with Crippen LogP contribution in [0.15, 0.2) is 16.8 Å². The Bertz CT molecular complexity index is 298. The first-order valence-corrected chi connectivity index (χ1v) is 6.04. The summed E-state index contributed by atoms with van der Waals surface area (Å²) in [5, 5.41) is 13.0. The highest BCUT2D eigenvalue weighted by Gasteiger charge is 2.15. The highest BCUT2D eigenvalue weighted by molar-refractivity contribution is 7.07. The van der Waals surface area contributed by atoms with Gasteiger partial charge in [0.2, 0.25) is 0 Å². The van der Waals surface area contributed by atoms with E-state index in [-0.39, 0.29) is 5.92 Å². The van der Waals surface area contributed by atoms with Crippen LogP contribution in [0.5, 0.6) is 0 Å². The lowest BCUT2D eigenvalue weighted by Gasteiger charge is -2.21. The summed E-state index contributed by atoms with van der Waals surface area (Å²) < 4.78 is 0. The molecule has 0 aliphatic rings. The number of rotatable bonds is 6. The zero-order valence-corrected chi connectivity index (χ0v) is 9.96. The van der Waals surface area contributed by atoms with Crippen LogP contribution in [0.25, 0.3) is 0 Å². The van der Waals surface area contributed by atoms with Gasteiger partial charge in [0, 0.05) is 13.1 Å². The summed E-state index contributed by atoms with van der Waals surface area (Å²) in [6, 6.07) is 2.08. The van der Waals surface area contributed by atoms with Gasteiger partial charge in [-0.25, -0.2) is 0 Å². The Morgan fingerprint density at radius 2 is 2.40 bits per heavy atom. The van der Waals surface area contributed by atoms with Crippen LogP contribution in [0.1, 0.15) is 19.4 Å². The molecule has 0 aliphatic heterocycles. The molecule has 0 saturated carbocycles. The monoisotopic (exact) mass is 227 g/mol. The Morgan fingerprint density at radius 1 is 1.67 bits per heavy atom. The van der Waals surface area contributed by atoms with Gasteiger partial charge in [0.15, 0.2) is 0 Å². The summed E-state index contributed by atoms with van der Waals surface area (Å²) >= 11 is 1.67. The van der Waals surface area contributed by atoms with Crippen molar-refractivity contribution in [1.82, 2.24) is 4.90 Å². The van der Waals surface area contributed by atoms with Crippen molar-refractivity contribution in [3.05, 3.63) is 22.4 Å². The van der Waals surface area contributed by atoms with Crippen molar-refractivity contribution < 1.29 is 9.90 Å². The summed E-state index contributed by atoms with van der Waals surface area (Å²) in [7, 11) is 0. The third-order valence-electron chi connectivity index (χ3n) is 2.39. The SMILES string of the molecule is CCN(Cc1ccsc1)CC(C)C(=O)O. The molecule has 0 radical (unpaired) electrons. The average molecular weight is 227 g/mol. The molecule has 1 aromatic heterocycles. The van der Waals surface area contributed by atoms with Crippen molar-refractivity contribution in [3.8, 4) is 0 Å². The second-order valence-corrected chi connectivity index (χ2v) is 4.48. The molecule has 0 saturated heterocycles. The number of carbonyl (C=O) groups is 1. The van der Waals surface area contributed by atoms with Gasteiger partial charge in [-0.2, -0.15) is 11.3 Å². The largest absolute Gasteiger partial charge is 0.481 e. The molecule has 1 aromatic rings. The number of carboxylic acids is 1. The fourth-order valence-corrected chi connectivity index (χ4v) is 2.07. The van der Waals surface area contributed by atoms with E-state index in [1.807, 2.05) is 5.38 Å². The van der Waals surface area contributed by atoms with E-state index in [0.29, 0.717) is 6.54 Å². The number of nitrogens with zero attached hydrogens (tertiary/aromatic N) is 1. The van der Waals surface area contributed by atoms with Crippen LogP contribution < -0.4 is 0 Å². The van der Waals surface area contributed by atoms with Crippen LogP contribution in [0.4, 0.5) is 0 Å². The second-order valence-electron chi connectivity index (χ2n) is 3.70. The smallest absolute Gasteiger partial charge is 0.307 e. The summed E-state index contributed by atoms with van der Waals surface area (Å²) in [4.78, 5) is 12.9. The number of hydrogen-bond donors (Lipinski definition) is 1. The summed E-state index contributed by atoms with van der Waals surface area (Å²) in [6.07, 6.45) is 0. The summed E-state index contributed by atoms with van der Waals surface area (Å²) in [5.74, 6) is -1.03. The molecular weight excluding hydrogens is 210 g/mol. The van der Waals surface area contributed by atoms with E-state index < -0.39 is 5.97 Å². The van der Waals surface area contributed by atoms with Crippen LogP contribution in [0.2, 0.25) is 0 Å². The number of thiophene rings is 1. The lowest BCUT2D eigenvalue weighted by atomic mass is 10.1. The molecule has 0 fully saturated rings. The Labute approximate surface area is 94.3 Å². The Balaban J connectivity index is 2.46. The third kappa shape index (κ3) is 4.01.